The van der Waals surface area contributed by atoms with E-state index in [9.17, 15) is 0 Å². The van der Waals surface area contributed by atoms with E-state index in [1.807, 2.05) is 12.1 Å². The van der Waals surface area contributed by atoms with Crippen LogP contribution in [0.1, 0.15) is 25.0 Å². The van der Waals surface area contributed by atoms with Gasteiger partial charge in [0.05, 0.1) is 0 Å². The van der Waals surface area contributed by atoms with Crippen molar-refractivity contribution in [3.05, 3.63) is 211 Å². The average molecular weight is 730 g/mol. The summed E-state index contributed by atoms with van der Waals surface area (Å²) in [5.41, 5.74) is 17.6. The van der Waals surface area contributed by atoms with Crippen LogP contribution in [0.3, 0.4) is 0 Å². The predicted octanol–water partition coefficient (Wildman–Crippen LogP) is 15.5. The maximum Gasteiger partial charge on any atom is 0.137 e. The molecular formula is C55H39NO. The molecule has 0 unspecified atom stereocenters. The van der Waals surface area contributed by atoms with Crippen molar-refractivity contribution in [2.24, 2.45) is 0 Å². The first-order valence-electron chi connectivity index (χ1n) is 19.7. The quantitative estimate of drug-likeness (QED) is 0.169. The molecule has 0 aliphatic heterocycles. The van der Waals surface area contributed by atoms with E-state index >= 15 is 0 Å². The molecule has 57 heavy (non-hydrogen) atoms. The van der Waals surface area contributed by atoms with Gasteiger partial charge in [0.15, 0.2) is 0 Å². The van der Waals surface area contributed by atoms with Gasteiger partial charge in [-0.05, 0) is 121 Å². The molecular weight excluding hydrogens is 691 g/mol. The van der Waals surface area contributed by atoms with E-state index in [0.29, 0.717) is 0 Å². The van der Waals surface area contributed by atoms with Gasteiger partial charge in [-0.1, -0.05) is 153 Å². The summed E-state index contributed by atoms with van der Waals surface area (Å²) in [4.78, 5) is 2.33. The van der Waals surface area contributed by atoms with Gasteiger partial charge >= 0.3 is 0 Å². The van der Waals surface area contributed by atoms with Gasteiger partial charge in [0.25, 0.3) is 0 Å². The Morgan fingerprint density at radius 2 is 0.912 bits per heavy atom. The molecule has 10 aromatic rings. The van der Waals surface area contributed by atoms with Crippen molar-refractivity contribution in [2.45, 2.75) is 19.3 Å². The Morgan fingerprint density at radius 1 is 0.351 bits per heavy atom. The van der Waals surface area contributed by atoms with Gasteiger partial charge in [-0.25, -0.2) is 0 Å². The van der Waals surface area contributed by atoms with E-state index in [-0.39, 0.29) is 5.41 Å². The third-order valence-corrected chi connectivity index (χ3v) is 12.1. The van der Waals surface area contributed by atoms with Crippen LogP contribution >= 0.6 is 0 Å². The Hall–Kier alpha value is -7.16. The SMILES string of the molecule is CC1(C)c2ccccc2-c2ccc(-c3ccc(N(c4ccc(-c5cccc(-c6cccc7ccccc67)c5)cc4)c4ccc5c(c4)oc4ccccc45)cc3)cc21. The van der Waals surface area contributed by atoms with Crippen molar-refractivity contribution >= 4 is 49.8 Å². The third-order valence-electron chi connectivity index (χ3n) is 12.1. The minimum absolute atomic E-state index is 0.0443. The maximum atomic E-state index is 6.39. The number of fused-ring (bicyclic) bond motifs is 7. The molecule has 0 spiro atoms. The Morgan fingerprint density at radius 3 is 1.72 bits per heavy atom. The lowest BCUT2D eigenvalue weighted by molar-refractivity contribution is 0.660. The fourth-order valence-corrected chi connectivity index (χ4v) is 9.13. The Labute approximate surface area is 332 Å². The van der Waals surface area contributed by atoms with Crippen LogP contribution in [0, 0.1) is 0 Å². The van der Waals surface area contributed by atoms with E-state index in [1.54, 1.807) is 0 Å². The Kier molecular flexibility index (Phi) is 7.55. The summed E-state index contributed by atoms with van der Waals surface area (Å²) < 4.78 is 6.39. The highest BCUT2D eigenvalue weighted by atomic mass is 16.3. The number of hydrogen-bond donors (Lipinski definition) is 0. The standard InChI is InChI=1S/C55H39NO/c1-55(2)51-19-7-5-16-47(51)48-31-25-40(34-52(48)55)37-23-28-43(29-24-37)56(44-30-32-50-49-17-6-8-20-53(49)57-54(50)35-44)42-26-21-36(22-27-42)39-13-9-14-41(33-39)46-18-10-12-38-11-3-4-15-45(38)46/h3-35H,1-2H3. The van der Waals surface area contributed by atoms with Gasteiger partial charge in [0, 0.05) is 39.3 Å². The van der Waals surface area contributed by atoms with Gasteiger partial charge < -0.3 is 9.32 Å². The van der Waals surface area contributed by atoms with Crippen molar-refractivity contribution in [2.75, 3.05) is 4.90 Å². The van der Waals surface area contributed by atoms with Crippen LogP contribution < -0.4 is 4.90 Å². The molecule has 2 heteroatoms. The van der Waals surface area contributed by atoms with E-state index < -0.39 is 0 Å². The second-order valence-electron chi connectivity index (χ2n) is 15.7. The van der Waals surface area contributed by atoms with Crippen LogP contribution in [0.2, 0.25) is 0 Å². The number of para-hydroxylation sites is 1. The van der Waals surface area contributed by atoms with Crippen LogP contribution in [0.25, 0.3) is 77.2 Å². The summed E-state index contributed by atoms with van der Waals surface area (Å²) in [5, 5.41) is 4.76. The van der Waals surface area contributed by atoms with Crippen molar-refractivity contribution in [3.63, 3.8) is 0 Å². The third kappa shape index (κ3) is 5.48. The van der Waals surface area contributed by atoms with E-state index in [1.165, 1.54) is 66.4 Å². The highest BCUT2D eigenvalue weighted by molar-refractivity contribution is 6.06. The lowest BCUT2D eigenvalue weighted by atomic mass is 9.81. The topological polar surface area (TPSA) is 16.4 Å². The molecule has 0 N–H and O–H groups in total. The average Bonchev–Trinajstić information content (AvgIpc) is 3.75. The number of furan rings is 1. The number of rotatable bonds is 6. The molecule has 0 atom stereocenters. The first kappa shape index (κ1) is 33.2. The van der Waals surface area contributed by atoms with Gasteiger partial charge in [-0.15, -0.1) is 0 Å². The smallest absolute Gasteiger partial charge is 0.137 e. The minimum Gasteiger partial charge on any atom is -0.456 e. The molecule has 2 nitrogen and oxygen atoms in total. The van der Waals surface area contributed by atoms with E-state index in [4.69, 9.17) is 4.42 Å². The van der Waals surface area contributed by atoms with E-state index in [2.05, 4.69) is 207 Å². The van der Waals surface area contributed by atoms with Crippen LogP contribution in [-0.2, 0) is 5.41 Å². The zero-order chi connectivity index (χ0) is 38.1. The fourth-order valence-electron chi connectivity index (χ4n) is 9.13. The normalized spacial score (nSPS) is 12.9. The molecule has 9 aromatic carbocycles. The second-order valence-corrected chi connectivity index (χ2v) is 15.7. The number of hydrogen-bond acceptors (Lipinski definition) is 2. The van der Waals surface area contributed by atoms with Crippen LogP contribution in [-0.4, -0.2) is 0 Å². The van der Waals surface area contributed by atoms with E-state index in [0.717, 1.165) is 39.0 Å². The van der Waals surface area contributed by atoms with Gasteiger partial charge in [0.2, 0.25) is 0 Å². The Bertz CT molecular complexity index is 3140. The molecule has 0 bridgehead atoms. The number of anilines is 3. The second kappa shape index (κ2) is 13.0. The van der Waals surface area contributed by atoms with Gasteiger partial charge in [0.1, 0.15) is 11.2 Å². The van der Waals surface area contributed by atoms with Crippen molar-refractivity contribution < 1.29 is 4.42 Å². The summed E-state index contributed by atoms with van der Waals surface area (Å²) in [6.45, 7) is 4.68. The highest BCUT2D eigenvalue weighted by Gasteiger charge is 2.35. The maximum absolute atomic E-state index is 6.39. The largest absolute Gasteiger partial charge is 0.456 e. The molecule has 1 heterocycles. The van der Waals surface area contributed by atoms with Crippen molar-refractivity contribution in [3.8, 4) is 44.5 Å². The first-order chi connectivity index (χ1) is 28.0. The summed E-state index contributed by atoms with van der Waals surface area (Å²) in [7, 11) is 0. The molecule has 0 saturated heterocycles. The van der Waals surface area contributed by atoms with Crippen LogP contribution in [0.4, 0.5) is 17.1 Å². The zero-order valence-electron chi connectivity index (χ0n) is 31.9. The molecule has 270 valence electrons. The minimum atomic E-state index is -0.0443. The molecule has 0 saturated carbocycles. The molecule has 11 rings (SSSR count). The van der Waals surface area contributed by atoms with Gasteiger partial charge in [-0.3, -0.25) is 0 Å². The predicted molar refractivity (Wildman–Crippen MR) is 240 cm³/mol. The molecule has 0 amide bonds. The summed E-state index contributed by atoms with van der Waals surface area (Å²) in [5.74, 6) is 0. The Balaban J connectivity index is 0.974. The number of benzene rings is 9. The lowest BCUT2D eigenvalue weighted by Crippen LogP contribution is -2.14. The summed E-state index contributed by atoms with van der Waals surface area (Å²) in [6, 6.07) is 72.6. The number of nitrogens with zero attached hydrogens (tertiary/aromatic N) is 1. The molecule has 0 fully saturated rings. The summed E-state index contributed by atoms with van der Waals surface area (Å²) in [6.07, 6.45) is 0. The molecule has 1 aliphatic rings. The lowest BCUT2D eigenvalue weighted by Gasteiger charge is -2.26. The molecule has 0 radical (unpaired) electrons. The monoisotopic (exact) mass is 729 g/mol. The zero-order valence-corrected chi connectivity index (χ0v) is 31.9. The first-order valence-corrected chi connectivity index (χ1v) is 19.7. The van der Waals surface area contributed by atoms with Crippen molar-refractivity contribution in [1.29, 1.82) is 0 Å². The van der Waals surface area contributed by atoms with Crippen molar-refractivity contribution in [1.82, 2.24) is 0 Å². The fraction of sp³-hybridized carbons (Fsp3) is 0.0545. The molecule has 1 aliphatic carbocycles. The van der Waals surface area contributed by atoms with Gasteiger partial charge in [-0.2, -0.15) is 0 Å². The summed E-state index contributed by atoms with van der Waals surface area (Å²) >= 11 is 0. The van der Waals surface area contributed by atoms with Crippen LogP contribution in [0.15, 0.2) is 205 Å². The van der Waals surface area contributed by atoms with Crippen LogP contribution in [0.5, 0.6) is 0 Å². The molecule has 1 aromatic heterocycles. The highest BCUT2D eigenvalue weighted by Crippen LogP contribution is 2.50.